The molecule has 0 heterocycles. The van der Waals surface area contributed by atoms with Gasteiger partial charge in [-0.15, -0.1) is 0 Å². The minimum Gasteiger partial charge on any atom is -0.357 e. The first-order valence-electron chi connectivity index (χ1n) is 8.34. The quantitative estimate of drug-likeness (QED) is 0.769. The van der Waals surface area contributed by atoms with E-state index in [0.29, 0.717) is 19.4 Å². The van der Waals surface area contributed by atoms with Crippen LogP contribution in [0.3, 0.4) is 0 Å². The van der Waals surface area contributed by atoms with Gasteiger partial charge in [-0.1, -0.05) is 65.3 Å². The van der Waals surface area contributed by atoms with Crippen molar-refractivity contribution in [3.05, 3.63) is 70.2 Å². The zero-order chi connectivity index (χ0) is 18.2. The molecule has 0 bridgehead atoms. The van der Waals surface area contributed by atoms with Crippen LogP contribution in [0.25, 0.3) is 0 Å². The van der Waals surface area contributed by atoms with Gasteiger partial charge in [0.2, 0.25) is 11.8 Å². The number of rotatable bonds is 7. The van der Waals surface area contributed by atoms with E-state index in [1.165, 1.54) is 0 Å². The Morgan fingerprint density at radius 2 is 1.76 bits per heavy atom. The second-order valence-electron chi connectivity index (χ2n) is 5.82. The maximum Gasteiger partial charge on any atom is 0.242 e. The predicted octanol–water partition coefficient (Wildman–Crippen LogP) is 3.55. The van der Waals surface area contributed by atoms with Gasteiger partial charge >= 0.3 is 0 Å². The van der Waals surface area contributed by atoms with Crippen LogP contribution in [-0.2, 0) is 22.6 Å². The first-order valence-corrected chi connectivity index (χ1v) is 9.14. The van der Waals surface area contributed by atoms with Gasteiger partial charge in [0.15, 0.2) is 0 Å². The Morgan fingerprint density at radius 1 is 1.08 bits per heavy atom. The smallest absolute Gasteiger partial charge is 0.242 e. The van der Waals surface area contributed by atoms with Crippen LogP contribution < -0.4 is 5.32 Å². The number of carbonyl (C=O) groups is 2. The third-order valence-electron chi connectivity index (χ3n) is 4.06. The van der Waals surface area contributed by atoms with E-state index >= 15 is 0 Å². The van der Waals surface area contributed by atoms with E-state index in [1.807, 2.05) is 61.5 Å². The largest absolute Gasteiger partial charge is 0.357 e. The Balaban J connectivity index is 2.32. The molecule has 0 fully saturated rings. The highest BCUT2D eigenvalue weighted by Gasteiger charge is 2.28. The number of benzene rings is 2. The Labute approximate surface area is 157 Å². The third-order valence-corrected chi connectivity index (χ3v) is 4.56. The first-order chi connectivity index (χ1) is 12.0. The van der Waals surface area contributed by atoms with E-state index in [-0.39, 0.29) is 11.8 Å². The second kappa shape index (κ2) is 9.37. The molecule has 5 heteroatoms. The molecule has 1 atom stereocenters. The van der Waals surface area contributed by atoms with Crippen LogP contribution in [0.2, 0.25) is 0 Å². The van der Waals surface area contributed by atoms with Crippen molar-refractivity contribution in [2.45, 2.75) is 32.4 Å². The Morgan fingerprint density at radius 3 is 2.36 bits per heavy atom. The molecule has 0 spiro atoms. The van der Waals surface area contributed by atoms with Gasteiger partial charge in [-0.25, -0.2) is 0 Å². The number of nitrogens with one attached hydrogen (secondary N) is 1. The van der Waals surface area contributed by atoms with Gasteiger partial charge in [-0.3, -0.25) is 9.59 Å². The average molecular weight is 403 g/mol. The topological polar surface area (TPSA) is 49.4 Å². The predicted molar refractivity (Wildman–Crippen MR) is 103 cm³/mol. The fraction of sp³-hybridized carbons (Fsp3) is 0.300. The van der Waals surface area contributed by atoms with Crippen LogP contribution in [0.4, 0.5) is 0 Å². The summed E-state index contributed by atoms with van der Waals surface area (Å²) in [5, 5.41) is 2.70. The van der Waals surface area contributed by atoms with Crippen molar-refractivity contribution in [3.8, 4) is 0 Å². The van der Waals surface area contributed by atoms with Gasteiger partial charge in [0.1, 0.15) is 6.04 Å². The molecule has 0 aliphatic heterocycles. The highest BCUT2D eigenvalue weighted by atomic mass is 79.9. The first kappa shape index (κ1) is 19.2. The highest BCUT2D eigenvalue weighted by Crippen LogP contribution is 2.18. The maximum atomic E-state index is 12.6. The van der Waals surface area contributed by atoms with E-state index in [2.05, 4.69) is 21.2 Å². The average Bonchev–Trinajstić information content (AvgIpc) is 2.64. The molecular formula is C20H23BrN2O2. The van der Waals surface area contributed by atoms with Crippen molar-refractivity contribution in [1.29, 1.82) is 0 Å². The summed E-state index contributed by atoms with van der Waals surface area (Å²) in [6.07, 6.45) is 0.844. The van der Waals surface area contributed by atoms with Gasteiger partial charge in [0, 0.05) is 30.9 Å². The zero-order valence-corrected chi connectivity index (χ0v) is 16.1. The van der Waals surface area contributed by atoms with Gasteiger partial charge in [-0.05, 0) is 23.3 Å². The summed E-state index contributed by atoms with van der Waals surface area (Å²) in [4.78, 5) is 26.8. The van der Waals surface area contributed by atoms with E-state index in [0.717, 1.165) is 15.6 Å². The standard InChI is InChI=1S/C20H23BrN2O2/c1-3-19(24)23(14-16-10-7-11-17(21)12-16)18(20(25)22-2)13-15-8-5-4-6-9-15/h4-12,18H,3,13-14H2,1-2H3,(H,22,25)/t18-/m1/s1. The molecule has 25 heavy (non-hydrogen) atoms. The van der Waals surface area contributed by atoms with Crippen LogP contribution in [0.5, 0.6) is 0 Å². The van der Waals surface area contributed by atoms with Crippen molar-refractivity contribution in [2.75, 3.05) is 7.05 Å². The maximum absolute atomic E-state index is 12.6. The number of carbonyl (C=O) groups excluding carboxylic acids is 2. The summed E-state index contributed by atoms with van der Waals surface area (Å²) in [7, 11) is 1.61. The van der Waals surface area contributed by atoms with Crippen molar-refractivity contribution in [3.63, 3.8) is 0 Å². The van der Waals surface area contributed by atoms with Crippen LogP contribution in [0.1, 0.15) is 24.5 Å². The Hall–Kier alpha value is -2.14. The molecule has 132 valence electrons. The van der Waals surface area contributed by atoms with E-state index in [1.54, 1.807) is 11.9 Å². The van der Waals surface area contributed by atoms with Crippen LogP contribution >= 0.6 is 15.9 Å². The summed E-state index contributed by atoms with van der Waals surface area (Å²) in [6.45, 7) is 2.22. The summed E-state index contributed by atoms with van der Waals surface area (Å²) in [5.41, 5.74) is 2.01. The Bertz CT molecular complexity index is 719. The molecule has 0 unspecified atom stereocenters. The van der Waals surface area contributed by atoms with Gasteiger partial charge in [0.05, 0.1) is 0 Å². The molecule has 4 nitrogen and oxygen atoms in total. The number of likely N-dealkylation sites (N-methyl/N-ethyl adjacent to an activating group) is 1. The molecule has 0 radical (unpaired) electrons. The number of hydrogen-bond donors (Lipinski definition) is 1. The van der Waals surface area contributed by atoms with Crippen molar-refractivity contribution < 1.29 is 9.59 Å². The van der Waals surface area contributed by atoms with Crippen LogP contribution in [-0.4, -0.2) is 29.8 Å². The summed E-state index contributed by atoms with van der Waals surface area (Å²) < 4.78 is 0.952. The van der Waals surface area contributed by atoms with Crippen molar-refractivity contribution in [1.82, 2.24) is 10.2 Å². The van der Waals surface area contributed by atoms with E-state index < -0.39 is 6.04 Å². The van der Waals surface area contributed by atoms with Crippen LogP contribution in [0, 0.1) is 0 Å². The van der Waals surface area contributed by atoms with Crippen LogP contribution in [0.15, 0.2) is 59.1 Å². The molecule has 0 aliphatic rings. The summed E-state index contributed by atoms with van der Waals surface area (Å²) in [6, 6.07) is 17.0. The molecular weight excluding hydrogens is 380 g/mol. The summed E-state index contributed by atoms with van der Waals surface area (Å²) in [5.74, 6) is -0.190. The number of halogens is 1. The minimum absolute atomic E-state index is 0.0375. The van der Waals surface area contributed by atoms with Crippen molar-refractivity contribution in [2.24, 2.45) is 0 Å². The lowest BCUT2D eigenvalue weighted by Gasteiger charge is -2.31. The van der Waals surface area contributed by atoms with Gasteiger partial charge in [-0.2, -0.15) is 0 Å². The molecule has 2 aromatic carbocycles. The number of nitrogens with zero attached hydrogens (tertiary/aromatic N) is 1. The minimum atomic E-state index is -0.543. The lowest BCUT2D eigenvalue weighted by molar-refractivity contribution is -0.140. The molecule has 2 rings (SSSR count). The molecule has 0 aliphatic carbocycles. The van der Waals surface area contributed by atoms with E-state index in [4.69, 9.17) is 0 Å². The monoisotopic (exact) mass is 402 g/mol. The van der Waals surface area contributed by atoms with E-state index in [9.17, 15) is 9.59 Å². The second-order valence-corrected chi connectivity index (χ2v) is 6.74. The normalized spacial score (nSPS) is 11.6. The fourth-order valence-corrected chi connectivity index (χ4v) is 3.20. The highest BCUT2D eigenvalue weighted by molar-refractivity contribution is 9.10. The number of amides is 2. The third kappa shape index (κ3) is 5.43. The van der Waals surface area contributed by atoms with Gasteiger partial charge < -0.3 is 10.2 Å². The van der Waals surface area contributed by atoms with Crippen molar-refractivity contribution >= 4 is 27.7 Å². The molecule has 2 aromatic rings. The van der Waals surface area contributed by atoms with Gasteiger partial charge in [0.25, 0.3) is 0 Å². The lowest BCUT2D eigenvalue weighted by atomic mass is 10.0. The SMILES string of the molecule is CCC(=O)N(Cc1cccc(Br)c1)[C@H](Cc1ccccc1)C(=O)NC. The molecule has 0 aromatic heterocycles. The lowest BCUT2D eigenvalue weighted by Crippen LogP contribution is -2.49. The fourth-order valence-electron chi connectivity index (χ4n) is 2.76. The zero-order valence-electron chi connectivity index (χ0n) is 14.5. The number of hydrogen-bond acceptors (Lipinski definition) is 2. The molecule has 0 saturated heterocycles. The molecule has 1 N–H and O–H groups in total. The molecule has 0 saturated carbocycles. The molecule has 2 amide bonds. The summed E-state index contributed by atoms with van der Waals surface area (Å²) >= 11 is 3.46. The Kier molecular flexibility index (Phi) is 7.19.